The molecule has 0 aliphatic carbocycles. The molecule has 0 aliphatic heterocycles. The molecule has 0 atom stereocenters. The van der Waals surface area contributed by atoms with E-state index < -0.39 is 0 Å². The molecule has 0 unspecified atom stereocenters. The molecule has 3 rings (SSSR count). The van der Waals surface area contributed by atoms with E-state index in [1.807, 2.05) is 31.2 Å². The van der Waals surface area contributed by atoms with Gasteiger partial charge in [-0.3, -0.25) is 0 Å². The smallest absolute Gasteiger partial charge is 0.197 e. The second-order valence-corrected chi connectivity index (χ2v) is 5.22. The molecule has 23 heavy (non-hydrogen) atoms. The predicted octanol–water partition coefficient (Wildman–Crippen LogP) is 4.28. The van der Waals surface area contributed by atoms with E-state index in [1.54, 1.807) is 19.4 Å². The highest BCUT2D eigenvalue weighted by atomic mass is 35.5. The molecule has 0 spiro atoms. The highest BCUT2D eigenvalue weighted by molar-refractivity contribution is 6.31. The van der Waals surface area contributed by atoms with E-state index in [1.165, 1.54) is 0 Å². The molecule has 0 radical (unpaired) electrons. The van der Waals surface area contributed by atoms with Crippen molar-refractivity contribution in [3.63, 3.8) is 0 Å². The second-order valence-electron chi connectivity index (χ2n) is 4.81. The molecule has 0 amide bonds. The third-order valence-corrected chi connectivity index (χ3v) is 3.64. The van der Waals surface area contributed by atoms with E-state index in [0.29, 0.717) is 40.0 Å². The molecule has 0 saturated heterocycles. The average Bonchev–Trinajstić information content (AvgIpc) is 2.56. The fourth-order valence-electron chi connectivity index (χ4n) is 2.08. The van der Waals surface area contributed by atoms with Crippen LogP contribution in [-0.4, -0.2) is 22.1 Å². The van der Waals surface area contributed by atoms with E-state index in [9.17, 15) is 0 Å². The molecule has 1 aromatic carbocycles. The van der Waals surface area contributed by atoms with Gasteiger partial charge in [-0.2, -0.15) is 5.11 Å². The number of methoxy groups -OCH3 is 1. The summed E-state index contributed by atoms with van der Waals surface area (Å²) in [6, 6.07) is 9.26. The summed E-state index contributed by atoms with van der Waals surface area (Å²) >= 11 is 6.10. The number of halogens is 1. The molecule has 2 aromatic heterocycles. The summed E-state index contributed by atoms with van der Waals surface area (Å²) in [7, 11) is 1.59. The van der Waals surface area contributed by atoms with Gasteiger partial charge in [0.05, 0.1) is 19.3 Å². The minimum absolute atomic E-state index is 0.379. The van der Waals surface area contributed by atoms with Gasteiger partial charge in [0, 0.05) is 17.3 Å². The summed E-state index contributed by atoms with van der Waals surface area (Å²) in [6.07, 6.45) is 1.62. The first-order chi connectivity index (χ1) is 11.2. The number of benzene rings is 1. The average molecular weight is 328 g/mol. The van der Waals surface area contributed by atoms with Gasteiger partial charge in [0.1, 0.15) is 5.75 Å². The van der Waals surface area contributed by atoms with Crippen molar-refractivity contribution in [2.45, 2.75) is 13.5 Å². The van der Waals surface area contributed by atoms with Crippen molar-refractivity contribution >= 4 is 28.6 Å². The molecule has 2 heterocycles. The quantitative estimate of drug-likeness (QED) is 0.670. The Morgan fingerprint density at radius 2 is 2.00 bits per heavy atom. The molecule has 7 heteroatoms. The Labute approximate surface area is 138 Å². The van der Waals surface area contributed by atoms with Crippen molar-refractivity contribution < 1.29 is 4.74 Å². The lowest BCUT2D eigenvalue weighted by Gasteiger charge is -2.05. The highest BCUT2D eigenvalue weighted by Crippen LogP contribution is 2.25. The largest absolute Gasteiger partial charge is 0.494 e. The van der Waals surface area contributed by atoms with Crippen LogP contribution in [0.1, 0.15) is 11.3 Å². The number of aromatic nitrogens is 3. The first-order valence-corrected chi connectivity index (χ1v) is 7.35. The maximum atomic E-state index is 6.10. The lowest BCUT2D eigenvalue weighted by Crippen LogP contribution is -1.95. The van der Waals surface area contributed by atoms with Gasteiger partial charge >= 0.3 is 0 Å². The topological polar surface area (TPSA) is 72.6 Å². The lowest BCUT2D eigenvalue weighted by atomic mass is 10.2. The van der Waals surface area contributed by atoms with Crippen molar-refractivity contribution in [1.82, 2.24) is 15.0 Å². The normalized spacial score (nSPS) is 11.3. The number of rotatable bonds is 4. The molecular weight excluding hydrogens is 314 g/mol. The Kier molecular flexibility index (Phi) is 4.43. The van der Waals surface area contributed by atoms with Crippen LogP contribution in [0.25, 0.3) is 11.2 Å². The van der Waals surface area contributed by atoms with Crippen LogP contribution in [0.3, 0.4) is 0 Å². The monoisotopic (exact) mass is 327 g/mol. The molecule has 0 saturated carbocycles. The molecule has 116 valence electrons. The fourth-order valence-corrected chi connectivity index (χ4v) is 2.27. The van der Waals surface area contributed by atoms with E-state index in [4.69, 9.17) is 16.3 Å². The van der Waals surface area contributed by atoms with Crippen molar-refractivity contribution in [2.75, 3.05) is 7.11 Å². The zero-order valence-corrected chi connectivity index (χ0v) is 13.4. The summed E-state index contributed by atoms with van der Waals surface area (Å²) in [5.41, 5.74) is 2.65. The van der Waals surface area contributed by atoms with Crippen molar-refractivity contribution in [1.29, 1.82) is 0 Å². The Bertz CT molecular complexity index is 881. The zero-order chi connectivity index (χ0) is 16.2. The van der Waals surface area contributed by atoms with Crippen LogP contribution < -0.4 is 4.74 Å². The van der Waals surface area contributed by atoms with Gasteiger partial charge in [-0.1, -0.05) is 29.8 Å². The molecule has 3 aromatic rings. The summed E-state index contributed by atoms with van der Waals surface area (Å²) < 4.78 is 5.26. The number of aryl methyl sites for hydroxylation is 1. The Morgan fingerprint density at radius 3 is 2.78 bits per heavy atom. The SMILES string of the molecule is COc1ccnc2nc(N=NCc3ccccc3Cl)c(C)nc12. The highest BCUT2D eigenvalue weighted by Gasteiger charge is 2.09. The van der Waals surface area contributed by atoms with Gasteiger partial charge in [-0.05, 0) is 18.6 Å². The number of nitrogens with zero attached hydrogens (tertiary/aromatic N) is 5. The molecule has 6 nitrogen and oxygen atoms in total. The van der Waals surface area contributed by atoms with Gasteiger partial charge in [-0.25, -0.2) is 15.0 Å². The standard InChI is InChI=1S/C16H14ClN5O/c1-10-15(22-19-9-11-5-3-4-6-12(11)17)21-16-14(20-10)13(23-2)7-8-18-16/h3-8H,9H2,1-2H3. The van der Waals surface area contributed by atoms with Gasteiger partial charge in [-0.15, -0.1) is 5.11 Å². The number of hydrogen-bond acceptors (Lipinski definition) is 6. The Hall–Kier alpha value is -2.60. The number of hydrogen-bond donors (Lipinski definition) is 0. The molecule has 0 bridgehead atoms. The molecule has 0 aliphatic rings. The van der Waals surface area contributed by atoms with Gasteiger partial charge in [0.15, 0.2) is 17.0 Å². The first-order valence-electron chi connectivity index (χ1n) is 6.97. The maximum Gasteiger partial charge on any atom is 0.197 e. The van der Waals surface area contributed by atoms with Crippen molar-refractivity contribution in [2.24, 2.45) is 10.2 Å². The number of azo groups is 1. The van der Waals surface area contributed by atoms with Crippen LogP contribution in [0.5, 0.6) is 5.75 Å². The van der Waals surface area contributed by atoms with Crippen LogP contribution in [0.2, 0.25) is 5.02 Å². The summed E-state index contributed by atoms with van der Waals surface area (Å²) in [6.45, 7) is 2.20. The maximum absolute atomic E-state index is 6.10. The zero-order valence-electron chi connectivity index (χ0n) is 12.7. The van der Waals surface area contributed by atoms with E-state index >= 15 is 0 Å². The Balaban J connectivity index is 1.90. The van der Waals surface area contributed by atoms with Gasteiger partial charge in [0.25, 0.3) is 0 Å². The summed E-state index contributed by atoms with van der Waals surface area (Å²) in [5.74, 6) is 1.07. The van der Waals surface area contributed by atoms with Gasteiger partial charge < -0.3 is 4.74 Å². The number of fused-ring (bicyclic) bond motifs is 1. The van der Waals surface area contributed by atoms with E-state index in [-0.39, 0.29) is 0 Å². The predicted molar refractivity (Wildman–Crippen MR) is 88.3 cm³/mol. The molecule has 0 fully saturated rings. The van der Waals surface area contributed by atoms with Crippen LogP contribution in [0.15, 0.2) is 46.8 Å². The fraction of sp³-hybridized carbons (Fsp3) is 0.188. The third kappa shape index (κ3) is 3.27. The first kappa shape index (κ1) is 15.3. The number of ether oxygens (including phenoxy) is 1. The van der Waals surface area contributed by atoms with E-state index in [2.05, 4.69) is 25.2 Å². The third-order valence-electron chi connectivity index (χ3n) is 3.27. The molecular formula is C16H14ClN5O. The van der Waals surface area contributed by atoms with Crippen molar-refractivity contribution in [3.05, 3.63) is 52.8 Å². The number of pyridine rings is 1. The molecule has 0 N–H and O–H groups in total. The lowest BCUT2D eigenvalue weighted by molar-refractivity contribution is 0.418. The minimum Gasteiger partial charge on any atom is -0.494 e. The van der Waals surface area contributed by atoms with Crippen LogP contribution in [0, 0.1) is 6.92 Å². The van der Waals surface area contributed by atoms with Gasteiger partial charge in [0.2, 0.25) is 0 Å². The van der Waals surface area contributed by atoms with Crippen LogP contribution in [-0.2, 0) is 6.54 Å². The summed E-state index contributed by atoms with van der Waals surface area (Å²) in [4.78, 5) is 13.0. The van der Waals surface area contributed by atoms with Crippen LogP contribution in [0.4, 0.5) is 5.82 Å². The van der Waals surface area contributed by atoms with E-state index in [0.717, 1.165) is 5.56 Å². The minimum atomic E-state index is 0.379. The Morgan fingerprint density at radius 1 is 1.17 bits per heavy atom. The summed E-state index contributed by atoms with van der Waals surface area (Å²) in [5, 5.41) is 8.99. The van der Waals surface area contributed by atoms with Crippen molar-refractivity contribution in [3.8, 4) is 5.75 Å². The second kappa shape index (κ2) is 6.66. The van der Waals surface area contributed by atoms with Crippen LogP contribution >= 0.6 is 11.6 Å².